The van der Waals surface area contributed by atoms with Gasteiger partial charge in [0.15, 0.2) is 4.80 Å². The lowest BCUT2D eigenvalue weighted by atomic mass is 9.96. The Kier molecular flexibility index (Phi) is 7.04. The van der Waals surface area contributed by atoms with Crippen LogP contribution in [0.15, 0.2) is 68.0 Å². The molecule has 0 unspecified atom stereocenters. The molecule has 0 radical (unpaired) electrons. The first-order valence-corrected chi connectivity index (χ1v) is 12.1. The second-order valence-corrected chi connectivity index (χ2v) is 9.55. The summed E-state index contributed by atoms with van der Waals surface area (Å²) in [6, 6.07) is 11.5. The van der Waals surface area contributed by atoms with Gasteiger partial charge in [0.1, 0.15) is 11.5 Å². The van der Waals surface area contributed by atoms with Crippen molar-refractivity contribution in [3.05, 3.63) is 89.0 Å². The Morgan fingerprint density at radius 2 is 1.86 bits per heavy atom. The smallest absolute Gasteiger partial charge is 0.338 e. The van der Waals surface area contributed by atoms with Gasteiger partial charge in [-0.1, -0.05) is 39.4 Å². The van der Waals surface area contributed by atoms with Crippen LogP contribution in [0, 0.1) is 0 Å². The highest BCUT2D eigenvalue weighted by molar-refractivity contribution is 9.10. The highest BCUT2D eigenvalue weighted by atomic mass is 79.9. The molecule has 0 N–H and O–H groups in total. The van der Waals surface area contributed by atoms with E-state index in [0.717, 1.165) is 4.47 Å². The van der Waals surface area contributed by atoms with E-state index in [2.05, 4.69) is 20.9 Å². The van der Waals surface area contributed by atoms with Crippen molar-refractivity contribution in [1.82, 2.24) is 4.57 Å². The summed E-state index contributed by atoms with van der Waals surface area (Å²) in [6.07, 6.45) is 1.65. The lowest BCUT2D eigenvalue weighted by Gasteiger charge is -2.24. The van der Waals surface area contributed by atoms with Gasteiger partial charge in [0, 0.05) is 17.0 Å². The summed E-state index contributed by atoms with van der Waals surface area (Å²) >= 11 is 4.60. The van der Waals surface area contributed by atoms with E-state index in [1.165, 1.54) is 29.9 Å². The molecule has 0 fully saturated rings. The number of carbonyl (C=O) groups is 2. The average molecular weight is 557 g/mol. The second-order valence-electron chi connectivity index (χ2n) is 7.62. The Morgan fingerprint density at radius 3 is 2.49 bits per heavy atom. The first kappa shape index (κ1) is 24.6. The first-order valence-electron chi connectivity index (χ1n) is 10.5. The van der Waals surface area contributed by atoms with Crippen molar-refractivity contribution in [2.75, 3.05) is 14.2 Å². The second kappa shape index (κ2) is 10.0. The van der Waals surface area contributed by atoms with Crippen molar-refractivity contribution in [1.29, 1.82) is 0 Å². The minimum atomic E-state index is -0.734. The van der Waals surface area contributed by atoms with Crippen LogP contribution >= 0.6 is 27.3 Å². The molecule has 1 aromatic heterocycles. The van der Waals surface area contributed by atoms with E-state index in [9.17, 15) is 14.4 Å². The summed E-state index contributed by atoms with van der Waals surface area (Å²) in [4.78, 5) is 43.0. The number of esters is 2. The fourth-order valence-corrected chi connectivity index (χ4v) is 5.23. The molecule has 2 aromatic carbocycles. The third-order valence-electron chi connectivity index (χ3n) is 5.37. The van der Waals surface area contributed by atoms with Gasteiger partial charge in [-0.15, -0.1) is 0 Å². The highest BCUT2D eigenvalue weighted by Gasteiger charge is 2.33. The summed E-state index contributed by atoms with van der Waals surface area (Å²) in [5.74, 6) is -0.0643. The minimum absolute atomic E-state index is 0.277. The molecule has 2 heterocycles. The molecule has 0 saturated carbocycles. The zero-order valence-electron chi connectivity index (χ0n) is 19.3. The Morgan fingerprint density at radius 1 is 1.14 bits per heavy atom. The van der Waals surface area contributed by atoms with Gasteiger partial charge in [-0.25, -0.2) is 9.79 Å². The summed E-state index contributed by atoms with van der Waals surface area (Å²) in [5, 5.41) is 0. The maximum absolute atomic E-state index is 13.7. The number of ether oxygens (including phenoxy) is 3. The lowest BCUT2D eigenvalue weighted by Crippen LogP contribution is -2.39. The molecule has 0 aliphatic carbocycles. The van der Waals surface area contributed by atoms with Gasteiger partial charge in [-0.2, -0.15) is 0 Å². The predicted octanol–water partition coefficient (Wildman–Crippen LogP) is 3.10. The van der Waals surface area contributed by atoms with E-state index >= 15 is 0 Å². The monoisotopic (exact) mass is 556 g/mol. The molecule has 1 aliphatic rings. The van der Waals surface area contributed by atoms with Gasteiger partial charge in [0.25, 0.3) is 5.56 Å². The zero-order valence-corrected chi connectivity index (χ0v) is 21.7. The molecule has 1 atom stereocenters. The molecule has 35 heavy (non-hydrogen) atoms. The Balaban J connectivity index is 1.96. The number of halogens is 1. The van der Waals surface area contributed by atoms with Crippen molar-refractivity contribution in [2.24, 2.45) is 4.99 Å². The van der Waals surface area contributed by atoms with Crippen LogP contribution in [0.4, 0.5) is 0 Å². The number of rotatable bonds is 5. The Labute approximate surface area is 212 Å². The molecule has 180 valence electrons. The van der Waals surface area contributed by atoms with Crippen molar-refractivity contribution in [2.45, 2.75) is 19.9 Å². The van der Waals surface area contributed by atoms with Crippen LogP contribution in [0.3, 0.4) is 0 Å². The third kappa shape index (κ3) is 4.85. The van der Waals surface area contributed by atoms with Crippen molar-refractivity contribution >= 4 is 45.3 Å². The van der Waals surface area contributed by atoms with Crippen molar-refractivity contribution in [3.63, 3.8) is 0 Å². The zero-order chi connectivity index (χ0) is 25.3. The van der Waals surface area contributed by atoms with Crippen molar-refractivity contribution < 1.29 is 23.8 Å². The Hall–Kier alpha value is -3.50. The number of carbonyl (C=O) groups excluding carboxylic acids is 2. The summed E-state index contributed by atoms with van der Waals surface area (Å²) in [6.45, 7) is 3.03. The number of aromatic nitrogens is 1. The number of hydrogen-bond donors (Lipinski definition) is 0. The van der Waals surface area contributed by atoms with Gasteiger partial charge in [-0.3, -0.25) is 14.2 Å². The number of benzene rings is 2. The standard InChI is InChI=1S/C25H21BrN2O6S/c1-13-21(24(31)33-4)22(15-5-8-18(32-3)9-6-15)28-23(30)20(35-25(28)27-13)12-16-11-17(26)7-10-19(16)34-14(2)29/h5-12,22H,1-4H3/b20-12+/t22-/m1/s1. The number of methoxy groups -OCH3 is 2. The largest absolute Gasteiger partial charge is 0.497 e. The normalized spacial score (nSPS) is 15.3. The molecule has 0 saturated heterocycles. The molecule has 4 rings (SSSR count). The number of thiazole rings is 1. The Bertz CT molecular complexity index is 1540. The van der Waals surface area contributed by atoms with E-state index in [1.54, 1.807) is 62.6 Å². The molecule has 8 nitrogen and oxygen atoms in total. The topological polar surface area (TPSA) is 96.2 Å². The van der Waals surface area contributed by atoms with E-state index < -0.39 is 18.0 Å². The molecule has 0 amide bonds. The van der Waals surface area contributed by atoms with Gasteiger partial charge >= 0.3 is 11.9 Å². The van der Waals surface area contributed by atoms with Gasteiger partial charge in [-0.05, 0) is 48.9 Å². The van der Waals surface area contributed by atoms with Gasteiger partial charge in [0.2, 0.25) is 0 Å². The van der Waals surface area contributed by atoms with E-state index in [1.807, 2.05) is 0 Å². The number of hydrogen-bond acceptors (Lipinski definition) is 8. The number of fused-ring (bicyclic) bond motifs is 1. The molecule has 3 aromatic rings. The van der Waals surface area contributed by atoms with Crippen LogP contribution in [-0.2, 0) is 14.3 Å². The fraction of sp³-hybridized carbons (Fsp3) is 0.200. The minimum Gasteiger partial charge on any atom is -0.497 e. The summed E-state index contributed by atoms with van der Waals surface area (Å²) in [7, 11) is 2.86. The molecular weight excluding hydrogens is 536 g/mol. The van der Waals surface area contributed by atoms with Gasteiger partial charge in [0.05, 0.1) is 36.1 Å². The van der Waals surface area contributed by atoms with E-state index in [0.29, 0.717) is 37.7 Å². The average Bonchev–Trinajstić information content (AvgIpc) is 3.13. The third-order valence-corrected chi connectivity index (χ3v) is 6.85. The van der Waals surface area contributed by atoms with Crippen LogP contribution in [-0.4, -0.2) is 30.7 Å². The summed E-state index contributed by atoms with van der Waals surface area (Å²) in [5.41, 5.74) is 1.66. The van der Waals surface area contributed by atoms with Crippen LogP contribution < -0.4 is 24.4 Å². The van der Waals surface area contributed by atoms with Crippen molar-refractivity contribution in [3.8, 4) is 11.5 Å². The SMILES string of the molecule is COC(=O)C1=C(C)N=c2s/c(=C/c3cc(Br)ccc3OC(C)=O)c(=O)n2[C@@H]1c1ccc(OC)cc1. The number of allylic oxidation sites excluding steroid dienone is 1. The van der Waals surface area contributed by atoms with Gasteiger partial charge < -0.3 is 14.2 Å². The molecule has 10 heteroatoms. The van der Waals surface area contributed by atoms with Crippen LogP contribution in [0.1, 0.15) is 31.0 Å². The van der Waals surface area contributed by atoms with E-state index in [-0.39, 0.29) is 11.1 Å². The number of nitrogens with zero attached hydrogens (tertiary/aromatic N) is 2. The first-order chi connectivity index (χ1) is 16.7. The predicted molar refractivity (Wildman–Crippen MR) is 134 cm³/mol. The highest BCUT2D eigenvalue weighted by Crippen LogP contribution is 2.31. The van der Waals surface area contributed by atoms with E-state index in [4.69, 9.17) is 14.2 Å². The molecular formula is C25H21BrN2O6S. The summed E-state index contributed by atoms with van der Waals surface area (Å²) < 4.78 is 18.2. The fourth-order valence-electron chi connectivity index (χ4n) is 3.82. The molecule has 0 spiro atoms. The maximum atomic E-state index is 13.7. The molecule has 0 bridgehead atoms. The maximum Gasteiger partial charge on any atom is 0.338 e. The van der Waals surface area contributed by atoms with Crippen LogP contribution in [0.5, 0.6) is 11.5 Å². The quantitative estimate of drug-likeness (QED) is 0.354. The molecule has 1 aliphatic heterocycles. The van der Waals surface area contributed by atoms with Crippen LogP contribution in [0.25, 0.3) is 6.08 Å². The van der Waals surface area contributed by atoms with Crippen LogP contribution in [0.2, 0.25) is 0 Å². The lowest BCUT2D eigenvalue weighted by molar-refractivity contribution is -0.136.